The highest BCUT2D eigenvalue weighted by molar-refractivity contribution is 5.87. The van der Waals surface area contributed by atoms with Crippen molar-refractivity contribution in [3.63, 3.8) is 0 Å². The van der Waals surface area contributed by atoms with E-state index in [-0.39, 0.29) is 17.9 Å². The van der Waals surface area contributed by atoms with Gasteiger partial charge in [0.05, 0.1) is 0 Å². The van der Waals surface area contributed by atoms with E-state index in [0.717, 1.165) is 45.3 Å². The molecule has 1 heterocycles. The van der Waals surface area contributed by atoms with E-state index in [2.05, 4.69) is 81.1 Å². The first-order valence-electron chi connectivity index (χ1n) is 12.0. The van der Waals surface area contributed by atoms with E-state index in [1.165, 1.54) is 22.0 Å². The molecular weight excluding hydrogens is 370 g/mol. The molecule has 2 aromatic rings. The quantitative estimate of drug-likeness (QED) is 0.431. The first-order valence-corrected chi connectivity index (χ1v) is 12.0. The number of para-hydroxylation sites is 1. The summed E-state index contributed by atoms with van der Waals surface area (Å²) in [6.07, 6.45) is 6.88. The van der Waals surface area contributed by atoms with Gasteiger partial charge in [-0.15, -0.1) is 0 Å². The normalized spacial score (nSPS) is 13.9. The Balaban J connectivity index is 2.02. The van der Waals surface area contributed by atoms with Gasteiger partial charge in [0.2, 0.25) is 5.91 Å². The van der Waals surface area contributed by atoms with Gasteiger partial charge in [-0.05, 0) is 75.2 Å². The van der Waals surface area contributed by atoms with Gasteiger partial charge in [-0.3, -0.25) is 4.79 Å². The zero-order valence-electron chi connectivity index (χ0n) is 20.1. The topological polar surface area (TPSA) is 48.1 Å². The van der Waals surface area contributed by atoms with Gasteiger partial charge in [0.1, 0.15) is 0 Å². The van der Waals surface area contributed by atoms with Crippen molar-refractivity contribution in [1.82, 2.24) is 15.2 Å². The molecule has 2 unspecified atom stereocenters. The number of H-pyrrole nitrogens is 1. The third-order valence-corrected chi connectivity index (χ3v) is 6.26. The smallest absolute Gasteiger partial charge is 0.220 e. The second-order valence-electron chi connectivity index (χ2n) is 9.11. The maximum absolute atomic E-state index is 12.9. The first-order chi connectivity index (χ1) is 14.4. The van der Waals surface area contributed by atoms with Crippen LogP contribution in [-0.2, 0) is 11.2 Å². The molecule has 2 N–H and O–H groups in total. The minimum Gasteiger partial charge on any atom is -0.361 e. The summed E-state index contributed by atoms with van der Waals surface area (Å²) in [7, 11) is 0. The number of aryl methyl sites for hydroxylation is 1. The summed E-state index contributed by atoms with van der Waals surface area (Å²) in [5, 5.41) is 4.54. The largest absolute Gasteiger partial charge is 0.361 e. The van der Waals surface area contributed by atoms with E-state index < -0.39 is 0 Å². The molecule has 0 aliphatic carbocycles. The average Bonchev–Trinajstić information content (AvgIpc) is 3.14. The van der Waals surface area contributed by atoms with E-state index in [1.807, 2.05) is 0 Å². The van der Waals surface area contributed by atoms with Gasteiger partial charge in [0.15, 0.2) is 0 Å². The molecule has 30 heavy (non-hydrogen) atoms. The molecule has 0 aliphatic heterocycles. The fourth-order valence-corrected chi connectivity index (χ4v) is 4.55. The molecular formula is C26H43N3O. The molecule has 0 saturated carbocycles. The van der Waals surface area contributed by atoms with E-state index in [9.17, 15) is 4.79 Å². The number of aromatic nitrogens is 1. The predicted octanol–water partition coefficient (Wildman–Crippen LogP) is 5.88. The molecule has 0 aliphatic rings. The third kappa shape index (κ3) is 6.87. The molecule has 0 radical (unpaired) electrons. The first kappa shape index (κ1) is 24.5. The molecule has 4 nitrogen and oxygen atoms in total. The predicted molar refractivity (Wildman–Crippen MR) is 129 cm³/mol. The van der Waals surface area contributed by atoms with Crippen LogP contribution < -0.4 is 5.32 Å². The maximum Gasteiger partial charge on any atom is 0.220 e. The Kier molecular flexibility index (Phi) is 9.90. The monoisotopic (exact) mass is 413 g/mol. The van der Waals surface area contributed by atoms with Crippen LogP contribution in [0.4, 0.5) is 0 Å². The van der Waals surface area contributed by atoms with Crippen LogP contribution in [0.5, 0.6) is 0 Å². The van der Waals surface area contributed by atoms with Gasteiger partial charge in [-0.2, -0.15) is 0 Å². The van der Waals surface area contributed by atoms with Crippen LogP contribution in [0, 0.1) is 5.92 Å². The van der Waals surface area contributed by atoms with Crippen LogP contribution in [-0.4, -0.2) is 41.5 Å². The average molecular weight is 414 g/mol. The molecule has 0 spiro atoms. The SMILES string of the molecule is CCc1cccc2c(C(CC(=O)NC(C)CCCN(CC)CC)CC(C)C)c[nH]c12. The molecule has 0 saturated heterocycles. The van der Waals surface area contributed by atoms with Crippen molar-refractivity contribution in [2.45, 2.75) is 85.6 Å². The van der Waals surface area contributed by atoms with Crippen molar-refractivity contribution in [2.75, 3.05) is 19.6 Å². The van der Waals surface area contributed by atoms with E-state index in [4.69, 9.17) is 0 Å². The van der Waals surface area contributed by atoms with Crippen LogP contribution >= 0.6 is 0 Å². The molecule has 0 fully saturated rings. The molecule has 4 heteroatoms. The lowest BCUT2D eigenvalue weighted by atomic mass is 9.87. The minimum atomic E-state index is 0.178. The number of benzene rings is 1. The molecule has 1 aromatic carbocycles. The van der Waals surface area contributed by atoms with Crippen LogP contribution in [0.25, 0.3) is 10.9 Å². The van der Waals surface area contributed by atoms with E-state index in [1.54, 1.807) is 0 Å². The fraction of sp³-hybridized carbons (Fsp3) is 0.654. The lowest BCUT2D eigenvalue weighted by Crippen LogP contribution is -2.34. The number of hydrogen-bond donors (Lipinski definition) is 2. The molecule has 1 amide bonds. The summed E-state index contributed by atoms with van der Waals surface area (Å²) in [6.45, 7) is 16.5. The van der Waals surface area contributed by atoms with Gasteiger partial charge in [0.25, 0.3) is 0 Å². The summed E-state index contributed by atoms with van der Waals surface area (Å²) in [6, 6.07) is 6.75. The molecule has 1 aromatic heterocycles. The Hall–Kier alpha value is -1.81. The van der Waals surface area contributed by atoms with Crippen LogP contribution in [0.1, 0.15) is 84.3 Å². The molecule has 2 rings (SSSR count). The number of aromatic amines is 1. The summed E-state index contributed by atoms with van der Waals surface area (Å²) in [5.41, 5.74) is 3.86. The van der Waals surface area contributed by atoms with Crippen molar-refractivity contribution >= 4 is 16.8 Å². The number of amides is 1. The highest BCUT2D eigenvalue weighted by atomic mass is 16.1. The fourth-order valence-electron chi connectivity index (χ4n) is 4.55. The minimum absolute atomic E-state index is 0.178. The summed E-state index contributed by atoms with van der Waals surface area (Å²) in [5.74, 6) is 0.972. The second kappa shape index (κ2) is 12.1. The third-order valence-electron chi connectivity index (χ3n) is 6.26. The van der Waals surface area contributed by atoms with Gasteiger partial charge in [-0.25, -0.2) is 0 Å². The van der Waals surface area contributed by atoms with Crippen LogP contribution in [0.15, 0.2) is 24.4 Å². The van der Waals surface area contributed by atoms with Gasteiger partial charge in [-0.1, -0.05) is 52.8 Å². The number of rotatable bonds is 13. The Morgan fingerprint density at radius 2 is 1.87 bits per heavy atom. The van der Waals surface area contributed by atoms with Crippen LogP contribution in [0.3, 0.4) is 0 Å². The Bertz CT molecular complexity index is 776. The van der Waals surface area contributed by atoms with Crippen LogP contribution in [0.2, 0.25) is 0 Å². The Morgan fingerprint density at radius 3 is 2.50 bits per heavy atom. The summed E-state index contributed by atoms with van der Waals surface area (Å²) >= 11 is 0. The van der Waals surface area contributed by atoms with Crippen molar-refractivity contribution in [1.29, 1.82) is 0 Å². The lowest BCUT2D eigenvalue weighted by Gasteiger charge is -2.22. The molecule has 0 bridgehead atoms. The van der Waals surface area contributed by atoms with E-state index >= 15 is 0 Å². The van der Waals surface area contributed by atoms with Crippen molar-refractivity contribution in [2.24, 2.45) is 5.92 Å². The maximum atomic E-state index is 12.9. The zero-order valence-corrected chi connectivity index (χ0v) is 20.1. The van der Waals surface area contributed by atoms with Gasteiger partial charge < -0.3 is 15.2 Å². The highest BCUT2D eigenvalue weighted by Crippen LogP contribution is 2.34. The Morgan fingerprint density at radius 1 is 1.13 bits per heavy atom. The number of carbonyl (C=O) groups is 1. The molecule has 2 atom stereocenters. The van der Waals surface area contributed by atoms with Crippen molar-refractivity contribution in [3.05, 3.63) is 35.5 Å². The number of nitrogens with zero attached hydrogens (tertiary/aromatic N) is 1. The standard InChI is InChI=1S/C26H43N3O/c1-7-21-13-10-14-23-24(18-27-26(21)23)22(16-19(4)5)17-25(30)28-20(6)12-11-15-29(8-2)9-3/h10,13-14,18-20,22,27H,7-9,11-12,15-17H2,1-6H3,(H,28,30). The zero-order chi connectivity index (χ0) is 22.1. The summed E-state index contributed by atoms with van der Waals surface area (Å²) in [4.78, 5) is 18.8. The molecule has 168 valence electrons. The summed E-state index contributed by atoms with van der Waals surface area (Å²) < 4.78 is 0. The number of carbonyl (C=O) groups excluding carboxylic acids is 1. The number of hydrogen-bond acceptors (Lipinski definition) is 2. The van der Waals surface area contributed by atoms with Gasteiger partial charge >= 0.3 is 0 Å². The number of nitrogens with one attached hydrogen (secondary N) is 2. The van der Waals surface area contributed by atoms with Crippen molar-refractivity contribution < 1.29 is 4.79 Å². The van der Waals surface area contributed by atoms with Gasteiger partial charge in [0, 0.05) is 29.6 Å². The van der Waals surface area contributed by atoms with Crippen molar-refractivity contribution in [3.8, 4) is 0 Å². The number of fused-ring (bicyclic) bond motifs is 1. The van der Waals surface area contributed by atoms with E-state index in [0.29, 0.717) is 12.3 Å². The Labute approximate surface area is 183 Å². The second-order valence-corrected chi connectivity index (χ2v) is 9.11. The highest BCUT2D eigenvalue weighted by Gasteiger charge is 2.22. The lowest BCUT2D eigenvalue weighted by molar-refractivity contribution is -0.122.